The molecule has 0 aromatic rings. The first-order valence-electron chi connectivity index (χ1n) is 6.28. The third kappa shape index (κ3) is 10.2. The Bertz CT molecular complexity index is 140. The molecule has 0 rings (SSSR count). The normalized spacial score (nSPS) is 14.2. The topological polar surface area (TPSA) is 21.3 Å². The minimum atomic E-state index is 0.0123. The lowest BCUT2D eigenvalue weighted by atomic mass is 10.00. The van der Waals surface area contributed by atoms with Crippen molar-refractivity contribution in [2.24, 2.45) is 5.92 Å². The molecule has 0 aliphatic heterocycles. The van der Waals surface area contributed by atoms with E-state index in [2.05, 4.69) is 33.0 Å². The summed E-state index contributed by atoms with van der Waals surface area (Å²) in [7, 11) is 2.01. The second-order valence-corrected chi connectivity index (χ2v) is 5.30. The lowest BCUT2D eigenvalue weighted by molar-refractivity contribution is -0.0243. The summed E-state index contributed by atoms with van der Waals surface area (Å²) in [4.78, 5) is 0. The summed E-state index contributed by atoms with van der Waals surface area (Å²) in [6.45, 7) is 10.7. The first-order chi connectivity index (χ1) is 6.99. The van der Waals surface area contributed by atoms with Crippen LogP contribution in [0.15, 0.2) is 0 Å². The van der Waals surface area contributed by atoms with Crippen LogP contribution in [0.5, 0.6) is 0 Å². The average molecular weight is 215 g/mol. The van der Waals surface area contributed by atoms with Crippen molar-refractivity contribution < 1.29 is 4.74 Å². The van der Waals surface area contributed by atoms with Crippen LogP contribution in [0.3, 0.4) is 0 Å². The minimum Gasteiger partial charge on any atom is -0.376 e. The molecule has 0 aliphatic carbocycles. The van der Waals surface area contributed by atoms with Gasteiger partial charge in [0.2, 0.25) is 0 Å². The molecule has 0 aliphatic rings. The van der Waals surface area contributed by atoms with Crippen molar-refractivity contribution in [1.29, 1.82) is 0 Å². The average Bonchev–Trinajstić information content (AvgIpc) is 2.15. The number of hydrogen-bond donors (Lipinski definition) is 1. The Hall–Kier alpha value is -0.0800. The predicted molar refractivity (Wildman–Crippen MR) is 67.3 cm³/mol. The maximum absolute atomic E-state index is 5.82. The first kappa shape index (κ1) is 14.9. The van der Waals surface area contributed by atoms with Crippen molar-refractivity contribution in [2.45, 2.75) is 59.0 Å². The maximum Gasteiger partial charge on any atom is 0.0598 e. The molecule has 0 bridgehead atoms. The van der Waals surface area contributed by atoms with Crippen molar-refractivity contribution in [1.82, 2.24) is 5.32 Å². The lowest BCUT2D eigenvalue weighted by Crippen LogP contribution is -2.23. The Morgan fingerprint density at radius 1 is 1.20 bits per heavy atom. The van der Waals surface area contributed by atoms with E-state index in [0.29, 0.717) is 0 Å². The van der Waals surface area contributed by atoms with Gasteiger partial charge in [-0.1, -0.05) is 19.8 Å². The van der Waals surface area contributed by atoms with E-state index in [1.807, 2.05) is 7.05 Å². The summed E-state index contributed by atoms with van der Waals surface area (Å²) in [5.74, 6) is 0.737. The van der Waals surface area contributed by atoms with Crippen LogP contribution in [0, 0.1) is 5.92 Å². The van der Waals surface area contributed by atoms with E-state index in [1.165, 1.54) is 25.7 Å². The number of hydrogen-bond acceptors (Lipinski definition) is 2. The standard InChI is InChI=1S/C13H29NO/c1-6-12(9-7-8-10-14-5)11-15-13(2,3)4/h12,14H,6-11H2,1-5H3. The molecule has 0 fully saturated rings. The summed E-state index contributed by atoms with van der Waals surface area (Å²) >= 11 is 0. The summed E-state index contributed by atoms with van der Waals surface area (Å²) < 4.78 is 5.82. The summed E-state index contributed by atoms with van der Waals surface area (Å²) in [5.41, 5.74) is 0.0123. The van der Waals surface area contributed by atoms with Gasteiger partial charge >= 0.3 is 0 Å². The van der Waals surface area contributed by atoms with Gasteiger partial charge in [-0.25, -0.2) is 0 Å². The van der Waals surface area contributed by atoms with Crippen LogP contribution < -0.4 is 5.32 Å². The van der Waals surface area contributed by atoms with Crippen LogP contribution in [0.4, 0.5) is 0 Å². The zero-order chi connectivity index (χ0) is 11.7. The first-order valence-corrected chi connectivity index (χ1v) is 6.28. The number of ether oxygens (including phenoxy) is 1. The van der Waals surface area contributed by atoms with Gasteiger partial charge in [-0.05, 0) is 53.1 Å². The molecule has 1 atom stereocenters. The molecular formula is C13H29NO. The van der Waals surface area contributed by atoms with Crippen LogP contribution in [0.1, 0.15) is 53.4 Å². The van der Waals surface area contributed by atoms with Crippen LogP contribution in [0.2, 0.25) is 0 Å². The summed E-state index contributed by atoms with van der Waals surface area (Å²) in [6, 6.07) is 0. The predicted octanol–water partition coefficient (Wildman–Crippen LogP) is 3.22. The molecule has 0 saturated heterocycles. The highest BCUT2D eigenvalue weighted by Gasteiger charge is 2.13. The highest BCUT2D eigenvalue weighted by atomic mass is 16.5. The largest absolute Gasteiger partial charge is 0.376 e. The van der Waals surface area contributed by atoms with Gasteiger partial charge in [-0.2, -0.15) is 0 Å². The van der Waals surface area contributed by atoms with Crippen molar-refractivity contribution >= 4 is 0 Å². The van der Waals surface area contributed by atoms with Crippen molar-refractivity contribution in [3.63, 3.8) is 0 Å². The van der Waals surface area contributed by atoms with Gasteiger partial charge in [0.25, 0.3) is 0 Å². The van der Waals surface area contributed by atoms with Crippen LogP contribution >= 0.6 is 0 Å². The molecule has 0 saturated carbocycles. The van der Waals surface area contributed by atoms with Crippen LogP contribution in [-0.2, 0) is 4.74 Å². The van der Waals surface area contributed by atoms with Gasteiger partial charge in [0.15, 0.2) is 0 Å². The molecule has 1 N–H and O–H groups in total. The van der Waals surface area contributed by atoms with Crippen LogP contribution in [0.25, 0.3) is 0 Å². The van der Waals surface area contributed by atoms with E-state index >= 15 is 0 Å². The van der Waals surface area contributed by atoms with Gasteiger partial charge in [0.1, 0.15) is 0 Å². The molecule has 0 spiro atoms. The van der Waals surface area contributed by atoms with Crippen molar-refractivity contribution in [3.05, 3.63) is 0 Å². The smallest absolute Gasteiger partial charge is 0.0598 e. The zero-order valence-electron chi connectivity index (χ0n) is 11.2. The van der Waals surface area contributed by atoms with E-state index in [4.69, 9.17) is 4.74 Å². The number of rotatable bonds is 8. The van der Waals surface area contributed by atoms with E-state index < -0.39 is 0 Å². The molecule has 1 unspecified atom stereocenters. The molecule has 0 radical (unpaired) electrons. The molecule has 2 heteroatoms. The van der Waals surface area contributed by atoms with E-state index in [1.54, 1.807) is 0 Å². The van der Waals surface area contributed by atoms with E-state index in [0.717, 1.165) is 19.1 Å². The molecular weight excluding hydrogens is 186 g/mol. The molecule has 0 aromatic carbocycles. The van der Waals surface area contributed by atoms with Gasteiger partial charge in [0.05, 0.1) is 12.2 Å². The van der Waals surface area contributed by atoms with Gasteiger partial charge in [-0.3, -0.25) is 0 Å². The monoisotopic (exact) mass is 215 g/mol. The summed E-state index contributed by atoms with van der Waals surface area (Å²) in [5, 5.41) is 3.18. The Balaban J connectivity index is 3.55. The maximum atomic E-state index is 5.82. The Kier molecular flexibility index (Phi) is 8.07. The molecule has 15 heavy (non-hydrogen) atoms. The van der Waals surface area contributed by atoms with Crippen molar-refractivity contribution in [2.75, 3.05) is 20.2 Å². The third-order valence-electron chi connectivity index (χ3n) is 2.62. The highest BCUT2D eigenvalue weighted by Crippen LogP contribution is 2.16. The Labute approximate surface area is 95.8 Å². The van der Waals surface area contributed by atoms with Gasteiger partial charge in [0, 0.05) is 0 Å². The minimum absolute atomic E-state index is 0.0123. The molecule has 0 aromatic heterocycles. The fourth-order valence-electron chi connectivity index (χ4n) is 1.51. The van der Waals surface area contributed by atoms with Gasteiger partial charge < -0.3 is 10.1 Å². The number of unbranched alkanes of at least 4 members (excludes halogenated alkanes) is 1. The molecule has 92 valence electrons. The van der Waals surface area contributed by atoms with Gasteiger partial charge in [-0.15, -0.1) is 0 Å². The lowest BCUT2D eigenvalue weighted by Gasteiger charge is -2.23. The van der Waals surface area contributed by atoms with Crippen LogP contribution in [-0.4, -0.2) is 25.8 Å². The molecule has 2 nitrogen and oxygen atoms in total. The quantitative estimate of drug-likeness (QED) is 0.628. The number of nitrogens with one attached hydrogen (secondary N) is 1. The zero-order valence-corrected chi connectivity index (χ0v) is 11.2. The molecule has 0 amide bonds. The Morgan fingerprint density at radius 2 is 1.87 bits per heavy atom. The molecule has 0 heterocycles. The Morgan fingerprint density at radius 3 is 2.33 bits per heavy atom. The fourth-order valence-corrected chi connectivity index (χ4v) is 1.51. The SMILES string of the molecule is CCC(CCCCNC)COC(C)(C)C. The highest BCUT2D eigenvalue weighted by molar-refractivity contribution is 4.63. The van der Waals surface area contributed by atoms with E-state index in [-0.39, 0.29) is 5.60 Å². The third-order valence-corrected chi connectivity index (χ3v) is 2.62. The second kappa shape index (κ2) is 8.12. The van der Waals surface area contributed by atoms with E-state index in [9.17, 15) is 0 Å². The fraction of sp³-hybridized carbons (Fsp3) is 1.00. The second-order valence-electron chi connectivity index (χ2n) is 5.30. The van der Waals surface area contributed by atoms with Crippen molar-refractivity contribution in [3.8, 4) is 0 Å². The summed E-state index contributed by atoms with van der Waals surface area (Å²) in [6.07, 6.45) is 5.12.